The molecule has 0 saturated carbocycles. The number of thiazole rings is 1. The summed E-state index contributed by atoms with van der Waals surface area (Å²) in [4.78, 5) is 40.9. The first-order chi connectivity index (χ1) is 16.9. The van der Waals surface area contributed by atoms with Crippen LogP contribution in [0.25, 0.3) is 11.1 Å². The van der Waals surface area contributed by atoms with Crippen LogP contribution in [0, 0.1) is 6.92 Å². The van der Waals surface area contributed by atoms with Gasteiger partial charge in [0, 0.05) is 23.8 Å². The standard InChI is InChI=1S/C26H27N3O5S/c1-3-21(25(31)32)28-24(30)23-15(2)35-22(29-23)12-13-27-26(33)34-14-20-18-10-6-4-8-16(18)17-9-5-7-11-19(17)20/h4-11,20-21H,3,12-14H2,1-2H3,(H,27,33)(H,28,30)(H,31,32). The smallest absolute Gasteiger partial charge is 0.407 e. The number of aromatic nitrogens is 1. The van der Waals surface area contributed by atoms with Gasteiger partial charge in [-0.2, -0.15) is 0 Å². The highest BCUT2D eigenvalue weighted by Gasteiger charge is 2.29. The first kappa shape index (κ1) is 24.4. The number of alkyl carbamates (subject to hydrolysis) is 1. The normalized spacial score (nSPS) is 13.0. The maximum Gasteiger partial charge on any atom is 0.407 e. The second-order valence-electron chi connectivity index (χ2n) is 8.29. The number of fused-ring (bicyclic) bond motifs is 3. The Morgan fingerprint density at radius 3 is 2.31 bits per heavy atom. The lowest BCUT2D eigenvalue weighted by atomic mass is 9.98. The summed E-state index contributed by atoms with van der Waals surface area (Å²) >= 11 is 1.34. The summed E-state index contributed by atoms with van der Waals surface area (Å²) in [5.74, 6) is -1.60. The topological polar surface area (TPSA) is 118 Å². The molecule has 0 aliphatic heterocycles. The highest BCUT2D eigenvalue weighted by molar-refractivity contribution is 7.11. The van der Waals surface area contributed by atoms with Crippen LogP contribution in [0.1, 0.15) is 50.8 Å². The van der Waals surface area contributed by atoms with E-state index in [4.69, 9.17) is 9.84 Å². The molecule has 1 aliphatic carbocycles. The van der Waals surface area contributed by atoms with E-state index >= 15 is 0 Å². The van der Waals surface area contributed by atoms with Gasteiger partial charge in [-0.25, -0.2) is 14.6 Å². The number of aliphatic carboxylic acids is 1. The van der Waals surface area contributed by atoms with Crippen LogP contribution in [-0.2, 0) is 16.0 Å². The van der Waals surface area contributed by atoms with E-state index < -0.39 is 24.0 Å². The highest BCUT2D eigenvalue weighted by atomic mass is 32.1. The van der Waals surface area contributed by atoms with Crippen molar-refractivity contribution in [3.63, 3.8) is 0 Å². The number of carbonyl (C=O) groups is 3. The van der Waals surface area contributed by atoms with E-state index in [1.54, 1.807) is 13.8 Å². The molecule has 1 atom stereocenters. The predicted octanol–water partition coefficient (Wildman–Crippen LogP) is 4.13. The van der Waals surface area contributed by atoms with Gasteiger partial charge in [-0.05, 0) is 35.6 Å². The Hall–Kier alpha value is -3.72. The number of carbonyl (C=O) groups excluding carboxylic acids is 2. The van der Waals surface area contributed by atoms with Crippen LogP contribution in [0.4, 0.5) is 4.79 Å². The van der Waals surface area contributed by atoms with Gasteiger partial charge in [0.25, 0.3) is 5.91 Å². The van der Waals surface area contributed by atoms with Crippen LogP contribution in [0.5, 0.6) is 0 Å². The lowest BCUT2D eigenvalue weighted by Gasteiger charge is -2.14. The van der Waals surface area contributed by atoms with Crippen molar-refractivity contribution in [3.8, 4) is 11.1 Å². The minimum absolute atomic E-state index is 0.00594. The third-order valence-electron chi connectivity index (χ3n) is 6.02. The zero-order chi connectivity index (χ0) is 24.9. The van der Waals surface area contributed by atoms with Crippen molar-refractivity contribution in [2.24, 2.45) is 0 Å². The second kappa shape index (κ2) is 10.7. The van der Waals surface area contributed by atoms with Crippen molar-refractivity contribution in [3.05, 3.63) is 75.2 Å². The molecule has 0 spiro atoms. The summed E-state index contributed by atoms with van der Waals surface area (Å²) in [6.45, 7) is 3.99. The molecule has 182 valence electrons. The van der Waals surface area contributed by atoms with Crippen molar-refractivity contribution in [2.75, 3.05) is 13.2 Å². The van der Waals surface area contributed by atoms with E-state index in [1.807, 2.05) is 24.3 Å². The van der Waals surface area contributed by atoms with Crippen LogP contribution in [0.15, 0.2) is 48.5 Å². The summed E-state index contributed by atoms with van der Waals surface area (Å²) in [7, 11) is 0. The lowest BCUT2D eigenvalue weighted by Crippen LogP contribution is -2.40. The Bertz CT molecular complexity index is 1210. The highest BCUT2D eigenvalue weighted by Crippen LogP contribution is 2.44. The molecule has 0 radical (unpaired) electrons. The van der Waals surface area contributed by atoms with E-state index in [0.717, 1.165) is 11.1 Å². The molecule has 3 N–H and O–H groups in total. The van der Waals surface area contributed by atoms with Gasteiger partial charge < -0.3 is 20.5 Å². The summed E-state index contributed by atoms with van der Waals surface area (Å²) < 4.78 is 5.54. The predicted molar refractivity (Wildman–Crippen MR) is 133 cm³/mol. The van der Waals surface area contributed by atoms with Crippen LogP contribution >= 0.6 is 11.3 Å². The summed E-state index contributed by atoms with van der Waals surface area (Å²) in [6, 6.07) is 15.4. The van der Waals surface area contributed by atoms with Crippen molar-refractivity contribution in [1.29, 1.82) is 0 Å². The van der Waals surface area contributed by atoms with Crippen molar-refractivity contribution >= 4 is 29.3 Å². The van der Waals surface area contributed by atoms with Crippen LogP contribution < -0.4 is 10.6 Å². The minimum Gasteiger partial charge on any atom is -0.480 e. The largest absolute Gasteiger partial charge is 0.480 e. The van der Waals surface area contributed by atoms with Gasteiger partial charge in [-0.3, -0.25) is 4.79 Å². The Balaban J connectivity index is 1.29. The molecule has 9 heteroatoms. The summed E-state index contributed by atoms with van der Waals surface area (Å²) in [5, 5.41) is 15.0. The second-order valence-corrected chi connectivity index (χ2v) is 9.58. The molecular weight excluding hydrogens is 466 g/mol. The third kappa shape index (κ3) is 5.35. The first-order valence-electron chi connectivity index (χ1n) is 11.5. The fraction of sp³-hybridized carbons (Fsp3) is 0.308. The molecule has 1 unspecified atom stereocenters. The fourth-order valence-corrected chi connectivity index (χ4v) is 5.18. The van der Waals surface area contributed by atoms with Gasteiger partial charge in [0.2, 0.25) is 0 Å². The maximum atomic E-state index is 12.4. The SMILES string of the molecule is CCC(NC(=O)c1nc(CCNC(=O)OCC2c3ccccc3-c3ccccc32)sc1C)C(=O)O. The number of nitrogens with zero attached hydrogens (tertiary/aromatic N) is 1. The average Bonchev–Trinajstić information content (AvgIpc) is 3.38. The number of rotatable bonds is 9. The van der Waals surface area contributed by atoms with Gasteiger partial charge in [0.1, 0.15) is 18.3 Å². The molecule has 1 heterocycles. The third-order valence-corrected chi connectivity index (χ3v) is 7.05. The molecule has 3 aromatic rings. The molecule has 0 fully saturated rings. The molecule has 1 aliphatic rings. The zero-order valence-electron chi connectivity index (χ0n) is 19.5. The quantitative estimate of drug-likeness (QED) is 0.413. The van der Waals surface area contributed by atoms with E-state index in [-0.39, 0.29) is 24.6 Å². The molecular formula is C26H27N3O5S. The van der Waals surface area contributed by atoms with Gasteiger partial charge >= 0.3 is 12.1 Å². The van der Waals surface area contributed by atoms with E-state index in [2.05, 4.69) is 39.9 Å². The molecule has 8 nitrogen and oxygen atoms in total. The van der Waals surface area contributed by atoms with Crippen molar-refractivity contribution in [2.45, 2.75) is 38.6 Å². The Morgan fingerprint density at radius 1 is 1.09 bits per heavy atom. The molecule has 4 rings (SSSR count). The number of ether oxygens (including phenoxy) is 1. The fourth-order valence-electron chi connectivity index (χ4n) is 4.25. The van der Waals surface area contributed by atoms with Gasteiger partial charge in [-0.1, -0.05) is 55.5 Å². The lowest BCUT2D eigenvalue weighted by molar-refractivity contribution is -0.139. The minimum atomic E-state index is -1.08. The van der Waals surface area contributed by atoms with Crippen molar-refractivity contribution in [1.82, 2.24) is 15.6 Å². The summed E-state index contributed by atoms with van der Waals surface area (Å²) in [6.07, 6.45) is 0.200. The number of hydrogen-bond donors (Lipinski definition) is 3. The molecule has 2 aromatic carbocycles. The average molecular weight is 494 g/mol. The molecule has 2 amide bonds. The Morgan fingerprint density at radius 2 is 1.71 bits per heavy atom. The number of aryl methyl sites for hydroxylation is 1. The molecule has 1 aromatic heterocycles. The maximum absolute atomic E-state index is 12.4. The van der Waals surface area contributed by atoms with Crippen LogP contribution in [-0.4, -0.2) is 47.3 Å². The van der Waals surface area contributed by atoms with Crippen LogP contribution in [0.3, 0.4) is 0 Å². The van der Waals surface area contributed by atoms with E-state index in [0.29, 0.717) is 22.9 Å². The number of amides is 2. The van der Waals surface area contributed by atoms with Gasteiger partial charge in [0.05, 0.1) is 5.01 Å². The first-order valence-corrected chi connectivity index (χ1v) is 12.3. The van der Waals surface area contributed by atoms with Crippen LogP contribution in [0.2, 0.25) is 0 Å². The Kier molecular flexibility index (Phi) is 7.45. The Labute approximate surface area is 207 Å². The van der Waals surface area contributed by atoms with Gasteiger partial charge in [0.15, 0.2) is 0 Å². The molecule has 0 saturated heterocycles. The van der Waals surface area contributed by atoms with E-state index in [1.165, 1.54) is 22.5 Å². The van der Waals surface area contributed by atoms with Gasteiger partial charge in [-0.15, -0.1) is 11.3 Å². The monoisotopic (exact) mass is 493 g/mol. The van der Waals surface area contributed by atoms with E-state index in [9.17, 15) is 14.4 Å². The number of nitrogens with one attached hydrogen (secondary N) is 2. The zero-order valence-corrected chi connectivity index (χ0v) is 20.4. The number of carboxylic acid groups (broad SMARTS) is 1. The molecule has 0 bridgehead atoms. The number of benzene rings is 2. The number of hydrogen-bond acceptors (Lipinski definition) is 6. The summed E-state index contributed by atoms with van der Waals surface area (Å²) in [5.41, 5.74) is 4.86. The van der Waals surface area contributed by atoms with Crippen molar-refractivity contribution < 1.29 is 24.2 Å². The molecule has 35 heavy (non-hydrogen) atoms. The number of carboxylic acids is 1.